The molecule has 0 fully saturated rings. The van der Waals surface area contributed by atoms with Gasteiger partial charge < -0.3 is 0 Å². The maximum absolute atomic E-state index is 11.3. The topological polar surface area (TPSA) is 34.1 Å². The fraction of sp³-hybridized carbons (Fsp3) is 0.200. The molecule has 3 heteroatoms. The Morgan fingerprint density at radius 1 is 1.15 bits per heavy atom. The molecule has 0 spiro atoms. The molecule has 13 heavy (non-hydrogen) atoms. The summed E-state index contributed by atoms with van der Waals surface area (Å²) in [5.74, 6) is -0.424. The van der Waals surface area contributed by atoms with Gasteiger partial charge in [-0.05, 0) is 13.2 Å². The molecule has 68 valence electrons. The van der Waals surface area contributed by atoms with Gasteiger partial charge in [-0.25, -0.2) is 0 Å². The quantitative estimate of drug-likeness (QED) is 0.534. The SMILES string of the molecule is CSC(=O)C(=O)c1ccc(C)cc1. The van der Waals surface area contributed by atoms with E-state index in [9.17, 15) is 9.59 Å². The van der Waals surface area contributed by atoms with Crippen LogP contribution in [0.1, 0.15) is 15.9 Å². The molecule has 0 aliphatic carbocycles. The first-order valence-corrected chi connectivity index (χ1v) is 5.07. The van der Waals surface area contributed by atoms with Gasteiger partial charge >= 0.3 is 0 Å². The van der Waals surface area contributed by atoms with Crippen LogP contribution in [-0.4, -0.2) is 17.2 Å². The smallest absolute Gasteiger partial charge is 0.259 e. The standard InChI is InChI=1S/C10H10O2S/c1-7-3-5-8(6-4-7)9(11)10(12)13-2/h3-6H,1-2H3. The molecule has 0 aliphatic rings. The first kappa shape index (κ1) is 9.99. The van der Waals surface area contributed by atoms with Gasteiger partial charge in [-0.15, -0.1) is 0 Å². The van der Waals surface area contributed by atoms with Gasteiger partial charge in [0.25, 0.3) is 5.12 Å². The fourth-order valence-electron chi connectivity index (χ4n) is 0.915. The van der Waals surface area contributed by atoms with Crippen LogP contribution in [0, 0.1) is 6.92 Å². The molecule has 0 atom stereocenters. The highest BCUT2D eigenvalue weighted by Gasteiger charge is 2.13. The molecule has 1 aromatic rings. The largest absolute Gasteiger partial charge is 0.284 e. The summed E-state index contributed by atoms with van der Waals surface area (Å²) in [4.78, 5) is 22.3. The lowest BCUT2D eigenvalue weighted by atomic mass is 10.1. The Kier molecular flexibility index (Phi) is 3.25. The molecule has 0 amide bonds. The second kappa shape index (κ2) is 4.23. The second-order valence-electron chi connectivity index (χ2n) is 2.69. The van der Waals surface area contributed by atoms with E-state index in [2.05, 4.69) is 0 Å². The van der Waals surface area contributed by atoms with Crippen molar-refractivity contribution in [2.75, 3.05) is 6.26 Å². The number of benzene rings is 1. The molecule has 1 rings (SSSR count). The molecule has 0 radical (unpaired) electrons. The maximum atomic E-state index is 11.3. The Labute approximate surface area is 81.3 Å². The molecule has 0 aliphatic heterocycles. The van der Waals surface area contributed by atoms with Gasteiger partial charge in [-0.2, -0.15) is 0 Å². The molecule has 0 heterocycles. The van der Waals surface area contributed by atoms with Crippen LogP contribution in [0.15, 0.2) is 24.3 Å². The lowest BCUT2D eigenvalue weighted by Crippen LogP contribution is -2.09. The number of carbonyl (C=O) groups excluding carboxylic acids is 2. The summed E-state index contributed by atoms with van der Waals surface area (Å²) >= 11 is 0.943. The number of Topliss-reactive ketones (excluding diaryl/α,β-unsaturated/α-hetero) is 1. The van der Waals surface area contributed by atoms with Crippen LogP contribution in [0.2, 0.25) is 0 Å². The highest BCUT2D eigenvalue weighted by Crippen LogP contribution is 2.08. The Morgan fingerprint density at radius 3 is 2.15 bits per heavy atom. The van der Waals surface area contributed by atoms with Crippen molar-refractivity contribution in [3.63, 3.8) is 0 Å². The lowest BCUT2D eigenvalue weighted by Gasteiger charge is -1.97. The van der Waals surface area contributed by atoms with E-state index in [1.54, 1.807) is 18.4 Å². The third kappa shape index (κ3) is 2.42. The van der Waals surface area contributed by atoms with Crippen molar-refractivity contribution in [1.29, 1.82) is 0 Å². The van der Waals surface area contributed by atoms with Gasteiger partial charge in [0.1, 0.15) is 0 Å². The van der Waals surface area contributed by atoms with E-state index < -0.39 is 10.9 Å². The molecular formula is C10H10O2S. The van der Waals surface area contributed by atoms with E-state index in [4.69, 9.17) is 0 Å². The summed E-state index contributed by atoms with van der Waals surface area (Å²) in [5, 5.41) is -0.413. The average molecular weight is 194 g/mol. The van der Waals surface area contributed by atoms with Crippen molar-refractivity contribution in [3.05, 3.63) is 35.4 Å². The fourth-order valence-corrected chi connectivity index (χ4v) is 1.22. The van der Waals surface area contributed by atoms with E-state index in [0.717, 1.165) is 17.3 Å². The van der Waals surface area contributed by atoms with Gasteiger partial charge in [-0.3, -0.25) is 9.59 Å². The monoisotopic (exact) mass is 194 g/mol. The number of rotatable bonds is 2. The lowest BCUT2D eigenvalue weighted by molar-refractivity contribution is -0.107. The molecule has 0 N–H and O–H groups in total. The van der Waals surface area contributed by atoms with E-state index in [0.29, 0.717) is 5.56 Å². The predicted octanol–water partition coefficient (Wildman–Crippen LogP) is 2.07. The minimum atomic E-state index is -0.424. The third-order valence-corrected chi connectivity index (χ3v) is 2.24. The van der Waals surface area contributed by atoms with Gasteiger partial charge in [0.15, 0.2) is 0 Å². The summed E-state index contributed by atoms with van der Waals surface area (Å²) in [6, 6.07) is 6.99. The van der Waals surface area contributed by atoms with Crippen LogP contribution in [0.25, 0.3) is 0 Å². The molecule has 0 bridgehead atoms. The Hall–Kier alpha value is -1.09. The average Bonchev–Trinajstić information content (AvgIpc) is 2.17. The molecule has 0 saturated carbocycles. The normalized spacial score (nSPS) is 9.69. The zero-order chi connectivity index (χ0) is 9.84. The Morgan fingerprint density at radius 2 is 1.69 bits per heavy atom. The summed E-state index contributed by atoms with van der Waals surface area (Å²) in [5.41, 5.74) is 1.54. The number of ketones is 1. The summed E-state index contributed by atoms with van der Waals surface area (Å²) in [7, 11) is 0. The van der Waals surface area contributed by atoms with Crippen LogP contribution >= 0.6 is 11.8 Å². The first-order valence-electron chi connectivity index (χ1n) is 3.84. The minimum Gasteiger partial charge on any atom is -0.284 e. The number of carbonyl (C=O) groups is 2. The number of hydrogen-bond acceptors (Lipinski definition) is 3. The zero-order valence-electron chi connectivity index (χ0n) is 7.53. The molecule has 0 aromatic heterocycles. The number of hydrogen-bond donors (Lipinski definition) is 0. The predicted molar refractivity (Wildman–Crippen MR) is 54.0 cm³/mol. The van der Waals surface area contributed by atoms with Crippen LogP contribution in [0.5, 0.6) is 0 Å². The van der Waals surface area contributed by atoms with Crippen molar-refractivity contribution in [1.82, 2.24) is 0 Å². The van der Waals surface area contributed by atoms with Gasteiger partial charge in [0.05, 0.1) is 0 Å². The second-order valence-corrected chi connectivity index (χ2v) is 3.47. The summed E-state index contributed by atoms with van der Waals surface area (Å²) in [6.45, 7) is 1.94. The van der Waals surface area contributed by atoms with Crippen LogP contribution in [-0.2, 0) is 4.79 Å². The Bertz CT molecular complexity index is 327. The van der Waals surface area contributed by atoms with E-state index >= 15 is 0 Å². The molecule has 2 nitrogen and oxygen atoms in total. The van der Waals surface area contributed by atoms with Gasteiger partial charge in [-0.1, -0.05) is 41.6 Å². The van der Waals surface area contributed by atoms with Crippen molar-refractivity contribution in [2.45, 2.75) is 6.92 Å². The van der Waals surface area contributed by atoms with Crippen molar-refractivity contribution >= 4 is 22.7 Å². The summed E-state index contributed by atoms with van der Waals surface area (Å²) in [6.07, 6.45) is 1.61. The number of aryl methyl sites for hydroxylation is 1. The molecule has 0 unspecified atom stereocenters. The minimum absolute atomic E-state index is 0.413. The van der Waals surface area contributed by atoms with Crippen LogP contribution in [0.4, 0.5) is 0 Å². The summed E-state index contributed by atoms with van der Waals surface area (Å²) < 4.78 is 0. The highest BCUT2D eigenvalue weighted by atomic mass is 32.2. The Balaban J connectivity index is 2.90. The molecular weight excluding hydrogens is 184 g/mol. The van der Waals surface area contributed by atoms with E-state index in [1.165, 1.54) is 0 Å². The van der Waals surface area contributed by atoms with Crippen molar-refractivity contribution in [3.8, 4) is 0 Å². The molecule has 1 aromatic carbocycles. The van der Waals surface area contributed by atoms with Crippen molar-refractivity contribution < 1.29 is 9.59 Å². The first-order chi connectivity index (χ1) is 6.15. The highest BCUT2D eigenvalue weighted by molar-refractivity contribution is 8.14. The number of thioether (sulfide) groups is 1. The van der Waals surface area contributed by atoms with Crippen LogP contribution in [0.3, 0.4) is 0 Å². The molecule has 0 saturated heterocycles. The van der Waals surface area contributed by atoms with Crippen LogP contribution < -0.4 is 0 Å². The third-order valence-electron chi connectivity index (χ3n) is 1.68. The van der Waals surface area contributed by atoms with Gasteiger partial charge in [0, 0.05) is 5.56 Å². The van der Waals surface area contributed by atoms with Crippen molar-refractivity contribution in [2.24, 2.45) is 0 Å². The zero-order valence-corrected chi connectivity index (χ0v) is 8.35. The van der Waals surface area contributed by atoms with E-state index in [-0.39, 0.29) is 0 Å². The maximum Gasteiger partial charge on any atom is 0.259 e. The van der Waals surface area contributed by atoms with Gasteiger partial charge in [0.2, 0.25) is 5.78 Å². The van der Waals surface area contributed by atoms with E-state index in [1.807, 2.05) is 19.1 Å².